The van der Waals surface area contributed by atoms with E-state index in [1.165, 1.54) is 0 Å². The van der Waals surface area contributed by atoms with Crippen LogP contribution >= 0.6 is 0 Å². The fraction of sp³-hybridized carbons (Fsp3) is 0.588. The smallest absolute Gasteiger partial charge is 0.321 e. The van der Waals surface area contributed by atoms with Gasteiger partial charge < -0.3 is 10.2 Å². The topological polar surface area (TPSA) is 32.3 Å². The van der Waals surface area contributed by atoms with E-state index in [2.05, 4.69) is 39.1 Å². The number of benzene rings is 1. The van der Waals surface area contributed by atoms with Crippen LogP contribution in [0.2, 0.25) is 0 Å². The molecule has 0 aliphatic rings. The van der Waals surface area contributed by atoms with Gasteiger partial charge in [0.15, 0.2) is 0 Å². The summed E-state index contributed by atoms with van der Waals surface area (Å²) in [6.45, 7) is 14.2. The highest BCUT2D eigenvalue weighted by atomic mass is 16.2. The van der Waals surface area contributed by atoms with E-state index >= 15 is 0 Å². The van der Waals surface area contributed by atoms with E-state index in [1.807, 2.05) is 30.9 Å². The maximum atomic E-state index is 12.5. The van der Waals surface area contributed by atoms with Crippen LogP contribution in [0.5, 0.6) is 0 Å². The number of urea groups is 1. The van der Waals surface area contributed by atoms with Gasteiger partial charge in [0, 0.05) is 18.8 Å². The fourth-order valence-corrected chi connectivity index (χ4v) is 2.19. The summed E-state index contributed by atoms with van der Waals surface area (Å²) in [4.78, 5) is 14.4. The number of nitrogens with one attached hydrogen (secondary N) is 1. The molecule has 3 heteroatoms. The van der Waals surface area contributed by atoms with Crippen molar-refractivity contribution >= 4 is 11.7 Å². The van der Waals surface area contributed by atoms with Gasteiger partial charge in [-0.25, -0.2) is 4.79 Å². The summed E-state index contributed by atoms with van der Waals surface area (Å²) in [6, 6.07) is 6.13. The van der Waals surface area contributed by atoms with E-state index < -0.39 is 0 Å². The number of carbonyl (C=O) groups excluding carboxylic acids is 1. The van der Waals surface area contributed by atoms with Crippen molar-refractivity contribution in [2.75, 3.05) is 18.4 Å². The van der Waals surface area contributed by atoms with Crippen LogP contribution in [0.3, 0.4) is 0 Å². The standard InChI is InChI=1S/C17H28N2O/c1-12(2)10-19(11-13(3)4)17(20)18-16-9-14(5)7-8-15(16)6/h7-9,12-13H,10-11H2,1-6H3,(H,18,20). The second kappa shape index (κ2) is 7.32. The zero-order chi connectivity index (χ0) is 15.3. The van der Waals surface area contributed by atoms with Gasteiger partial charge in [-0.05, 0) is 42.9 Å². The first-order valence-corrected chi connectivity index (χ1v) is 7.42. The third-order valence-electron chi connectivity index (χ3n) is 3.09. The minimum Gasteiger partial charge on any atom is -0.324 e. The van der Waals surface area contributed by atoms with Gasteiger partial charge >= 0.3 is 6.03 Å². The first-order chi connectivity index (χ1) is 9.29. The highest BCUT2D eigenvalue weighted by Crippen LogP contribution is 2.17. The van der Waals surface area contributed by atoms with Gasteiger partial charge in [0.25, 0.3) is 0 Å². The summed E-state index contributed by atoms with van der Waals surface area (Å²) >= 11 is 0. The Labute approximate surface area is 123 Å². The molecule has 0 saturated heterocycles. The van der Waals surface area contributed by atoms with Crippen LogP contribution in [0.4, 0.5) is 10.5 Å². The predicted molar refractivity (Wildman–Crippen MR) is 86.2 cm³/mol. The minimum absolute atomic E-state index is 0.00102. The molecule has 0 bridgehead atoms. The quantitative estimate of drug-likeness (QED) is 0.846. The van der Waals surface area contributed by atoms with Crippen molar-refractivity contribution in [2.24, 2.45) is 11.8 Å². The van der Waals surface area contributed by atoms with Crippen molar-refractivity contribution in [2.45, 2.75) is 41.5 Å². The predicted octanol–water partition coefficient (Wildman–Crippen LogP) is 4.45. The molecule has 20 heavy (non-hydrogen) atoms. The number of amides is 2. The van der Waals surface area contributed by atoms with E-state index in [0.717, 1.165) is 29.9 Å². The lowest BCUT2D eigenvalue weighted by Crippen LogP contribution is -2.40. The second-order valence-corrected chi connectivity index (χ2v) is 6.44. The molecule has 1 aromatic rings. The van der Waals surface area contributed by atoms with E-state index in [-0.39, 0.29) is 6.03 Å². The number of anilines is 1. The first kappa shape index (κ1) is 16.5. The van der Waals surface area contributed by atoms with Crippen LogP contribution in [0.1, 0.15) is 38.8 Å². The molecule has 0 atom stereocenters. The van der Waals surface area contributed by atoms with Crippen molar-refractivity contribution in [3.8, 4) is 0 Å². The highest BCUT2D eigenvalue weighted by Gasteiger charge is 2.16. The molecule has 2 amide bonds. The van der Waals surface area contributed by atoms with Gasteiger partial charge in [-0.1, -0.05) is 39.8 Å². The summed E-state index contributed by atoms with van der Waals surface area (Å²) in [6.07, 6.45) is 0. The van der Waals surface area contributed by atoms with Crippen LogP contribution in [-0.4, -0.2) is 24.0 Å². The molecule has 0 heterocycles. The lowest BCUT2D eigenvalue weighted by Gasteiger charge is -2.27. The Hall–Kier alpha value is -1.51. The van der Waals surface area contributed by atoms with E-state index in [0.29, 0.717) is 11.8 Å². The molecular formula is C17H28N2O. The summed E-state index contributed by atoms with van der Waals surface area (Å²) in [5.74, 6) is 0.941. The molecule has 0 saturated carbocycles. The average Bonchev–Trinajstić information content (AvgIpc) is 2.31. The molecule has 0 unspecified atom stereocenters. The lowest BCUT2D eigenvalue weighted by atomic mass is 10.1. The first-order valence-electron chi connectivity index (χ1n) is 7.42. The molecule has 0 aliphatic heterocycles. The van der Waals surface area contributed by atoms with Crippen molar-refractivity contribution in [3.63, 3.8) is 0 Å². The number of carbonyl (C=O) groups is 1. The van der Waals surface area contributed by atoms with Crippen molar-refractivity contribution in [3.05, 3.63) is 29.3 Å². The van der Waals surface area contributed by atoms with Gasteiger partial charge in [-0.3, -0.25) is 0 Å². The molecule has 0 aliphatic carbocycles. The van der Waals surface area contributed by atoms with E-state index in [9.17, 15) is 4.79 Å². The van der Waals surface area contributed by atoms with Crippen LogP contribution in [0, 0.1) is 25.7 Å². The van der Waals surface area contributed by atoms with Crippen molar-refractivity contribution in [1.82, 2.24) is 4.90 Å². The molecule has 0 spiro atoms. The monoisotopic (exact) mass is 276 g/mol. The molecule has 3 nitrogen and oxygen atoms in total. The Bertz CT molecular complexity index is 442. The minimum atomic E-state index is 0.00102. The Morgan fingerprint density at radius 3 is 2.15 bits per heavy atom. The second-order valence-electron chi connectivity index (χ2n) is 6.44. The van der Waals surface area contributed by atoms with Crippen molar-refractivity contribution < 1.29 is 4.79 Å². The molecular weight excluding hydrogens is 248 g/mol. The number of hydrogen-bond acceptors (Lipinski definition) is 1. The molecule has 0 aromatic heterocycles. The van der Waals surface area contributed by atoms with Gasteiger partial charge in [-0.2, -0.15) is 0 Å². The molecule has 0 radical (unpaired) electrons. The van der Waals surface area contributed by atoms with Gasteiger partial charge in [0.1, 0.15) is 0 Å². The van der Waals surface area contributed by atoms with Gasteiger partial charge in [0.2, 0.25) is 0 Å². The largest absolute Gasteiger partial charge is 0.324 e. The normalized spacial score (nSPS) is 11.0. The Kier molecular flexibility index (Phi) is 6.05. The molecule has 1 rings (SSSR count). The highest BCUT2D eigenvalue weighted by molar-refractivity contribution is 5.90. The van der Waals surface area contributed by atoms with Crippen LogP contribution in [0.25, 0.3) is 0 Å². The molecule has 112 valence electrons. The zero-order valence-electron chi connectivity index (χ0n) is 13.7. The summed E-state index contributed by atoms with van der Waals surface area (Å²) < 4.78 is 0. The van der Waals surface area contributed by atoms with Crippen LogP contribution in [-0.2, 0) is 0 Å². The summed E-state index contributed by atoms with van der Waals surface area (Å²) in [5, 5.41) is 3.05. The average molecular weight is 276 g/mol. The fourth-order valence-electron chi connectivity index (χ4n) is 2.19. The summed E-state index contributed by atoms with van der Waals surface area (Å²) in [7, 11) is 0. The summed E-state index contributed by atoms with van der Waals surface area (Å²) in [5.41, 5.74) is 3.16. The zero-order valence-corrected chi connectivity index (χ0v) is 13.7. The van der Waals surface area contributed by atoms with E-state index in [1.54, 1.807) is 0 Å². The van der Waals surface area contributed by atoms with Crippen molar-refractivity contribution in [1.29, 1.82) is 0 Å². The van der Waals surface area contributed by atoms with Gasteiger partial charge in [-0.15, -0.1) is 0 Å². The lowest BCUT2D eigenvalue weighted by molar-refractivity contribution is 0.196. The Balaban J connectivity index is 2.81. The Morgan fingerprint density at radius 1 is 1.10 bits per heavy atom. The number of rotatable bonds is 5. The molecule has 0 fully saturated rings. The number of nitrogens with zero attached hydrogens (tertiary/aromatic N) is 1. The van der Waals surface area contributed by atoms with E-state index in [4.69, 9.17) is 0 Å². The molecule has 1 aromatic carbocycles. The van der Waals surface area contributed by atoms with Crippen LogP contribution in [0.15, 0.2) is 18.2 Å². The van der Waals surface area contributed by atoms with Gasteiger partial charge in [0.05, 0.1) is 0 Å². The van der Waals surface area contributed by atoms with Crippen LogP contribution < -0.4 is 5.32 Å². The number of hydrogen-bond donors (Lipinski definition) is 1. The maximum Gasteiger partial charge on any atom is 0.321 e. The SMILES string of the molecule is Cc1ccc(C)c(NC(=O)N(CC(C)C)CC(C)C)c1. The Morgan fingerprint density at radius 2 is 1.65 bits per heavy atom. The third-order valence-corrected chi connectivity index (χ3v) is 3.09. The number of aryl methyl sites for hydroxylation is 2. The third kappa shape index (κ3) is 5.24. The molecule has 1 N–H and O–H groups in total. The maximum absolute atomic E-state index is 12.5.